The van der Waals surface area contributed by atoms with Crippen molar-refractivity contribution in [1.29, 1.82) is 0 Å². The number of carbonyl (C=O) groups excluding carboxylic acids is 2. The molecule has 0 aliphatic heterocycles. The van der Waals surface area contributed by atoms with Gasteiger partial charge in [-0.05, 0) is 62.8 Å². The monoisotopic (exact) mass is 534 g/mol. The maximum Gasteiger partial charge on any atom is 0.311 e. The summed E-state index contributed by atoms with van der Waals surface area (Å²) < 4.78 is 26.0. The van der Waals surface area contributed by atoms with Gasteiger partial charge in [0.05, 0.1) is 36.7 Å². The van der Waals surface area contributed by atoms with Crippen molar-refractivity contribution in [1.82, 2.24) is 10.6 Å². The van der Waals surface area contributed by atoms with Crippen LogP contribution in [0.1, 0.15) is 81.5 Å². The maximum atomic E-state index is 14.8. The Morgan fingerprint density at radius 3 is 2.34 bits per heavy atom. The van der Waals surface area contributed by atoms with Crippen LogP contribution < -0.4 is 20.1 Å². The van der Waals surface area contributed by atoms with E-state index in [0.29, 0.717) is 32.2 Å². The standard InChI is InChI=1S/C28H39FN2O7/c1-27(9-4-10-27)15-30-24(33)18-5-3-6-21(18)31-25(34)19-13-23(20(29)14-22(19)37-2)38-17-7-11-28(16-32,12-8-17)26(35)36/h13-14,17-18,21,32H,3-12,15-16H2,1-2H3,(H,30,33)(H,31,34)(H,35,36)/t17?,18-,21+,28?/m0/s1. The van der Waals surface area contributed by atoms with Crippen molar-refractivity contribution in [3.63, 3.8) is 0 Å². The molecule has 0 bridgehead atoms. The fourth-order valence-corrected chi connectivity index (χ4v) is 5.93. The van der Waals surface area contributed by atoms with E-state index in [-0.39, 0.29) is 53.2 Å². The second-order valence-electron chi connectivity index (χ2n) is 11.5. The molecule has 0 radical (unpaired) electrons. The first-order valence-corrected chi connectivity index (χ1v) is 13.6. The van der Waals surface area contributed by atoms with E-state index < -0.39 is 35.8 Å². The third-order valence-electron chi connectivity index (χ3n) is 8.86. The molecule has 2 atom stereocenters. The largest absolute Gasteiger partial charge is 0.496 e. The van der Waals surface area contributed by atoms with E-state index in [1.54, 1.807) is 0 Å². The Balaban J connectivity index is 1.41. The van der Waals surface area contributed by atoms with Gasteiger partial charge in [-0.1, -0.05) is 19.8 Å². The number of nitrogens with one attached hydrogen (secondary N) is 2. The molecule has 3 aliphatic rings. The van der Waals surface area contributed by atoms with Gasteiger partial charge in [0.2, 0.25) is 5.91 Å². The number of rotatable bonds is 10. The van der Waals surface area contributed by atoms with Gasteiger partial charge in [-0.2, -0.15) is 0 Å². The van der Waals surface area contributed by atoms with Crippen LogP contribution >= 0.6 is 0 Å². The highest BCUT2D eigenvalue weighted by Gasteiger charge is 2.42. The SMILES string of the molecule is COc1cc(F)c(OC2CCC(CO)(C(=O)O)CC2)cc1C(=O)N[C@@H]1CCC[C@@H]1C(=O)NCC1(C)CCC1. The molecule has 0 aromatic heterocycles. The van der Waals surface area contributed by atoms with Crippen molar-refractivity contribution < 1.29 is 38.5 Å². The number of carboxylic acids is 1. The molecule has 3 aliphatic carbocycles. The predicted octanol–water partition coefficient (Wildman–Crippen LogP) is 3.42. The van der Waals surface area contributed by atoms with Crippen molar-refractivity contribution in [3.8, 4) is 11.5 Å². The quantitative estimate of drug-likeness (QED) is 0.361. The molecule has 2 amide bonds. The van der Waals surface area contributed by atoms with E-state index in [1.807, 2.05) is 0 Å². The molecule has 3 fully saturated rings. The fraction of sp³-hybridized carbons (Fsp3) is 0.679. The lowest BCUT2D eigenvalue weighted by molar-refractivity contribution is -0.155. The Kier molecular flexibility index (Phi) is 8.49. The molecular formula is C28H39FN2O7. The highest BCUT2D eigenvalue weighted by Crippen LogP contribution is 2.40. The minimum atomic E-state index is -1.21. The highest BCUT2D eigenvalue weighted by molar-refractivity contribution is 5.98. The average molecular weight is 535 g/mol. The first kappa shape index (κ1) is 28.1. The Morgan fingerprint density at radius 1 is 1.05 bits per heavy atom. The number of carboxylic acid groups (broad SMARTS) is 1. The minimum Gasteiger partial charge on any atom is -0.496 e. The normalized spacial score (nSPS) is 28.2. The molecular weight excluding hydrogens is 495 g/mol. The molecule has 10 heteroatoms. The number of aliphatic hydroxyl groups is 1. The Hall–Kier alpha value is -2.88. The van der Waals surface area contributed by atoms with Gasteiger partial charge in [0.15, 0.2) is 11.6 Å². The number of hydrogen-bond acceptors (Lipinski definition) is 6. The smallest absolute Gasteiger partial charge is 0.311 e. The number of methoxy groups -OCH3 is 1. The van der Waals surface area contributed by atoms with Crippen LogP contribution in [0.25, 0.3) is 0 Å². The Morgan fingerprint density at radius 2 is 1.76 bits per heavy atom. The molecule has 4 N–H and O–H groups in total. The number of hydrogen-bond donors (Lipinski definition) is 4. The zero-order chi connectivity index (χ0) is 27.5. The van der Waals surface area contributed by atoms with Crippen molar-refractivity contribution in [2.75, 3.05) is 20.3 Å². The van der Waals surface area contributed by atoms with E-state index in [1.165, 1.54) is 19.6 Å². The van der Waals surface area contributed by atoms with Crippen molar-refractivity contribution in [2.45, 2.75) is 83.3 Å². The van der Waals surface area contributed by atoms with Crippen LogP contribution in [-0.4, -0.2) is 60.4 Å². The van der Waals surface area contributed by atoms with Gasteiger partial charge in [0.1, 0.15) is 5.75 Å². The summed E-state index contributed by atoms with van der Waals surface area (Å²) in [5.74, 6) is -2.67. The van der Waals surface area contributed by atoms with Gasteiger partial charge in [0.25, 0.3) is 5.91 Å². The molecule has 0 spiro atoms. The Bertz CT molecular complexity index is 1050. The van der Waals surface area contributed by atoms with Gasteiger partial charge in [-0.3, -0.25) is 14.4 Å². The van der Waals surface area contributed by atoms with Crippen LogP contribution in [0.4, 0.5) is 4.39 Å². The van der Waals surface area contributed by atoms with Crippen molar-refractivity contribution in [2.24, 2.45) is 16.7 Å². The lowest BCUT2D eigenvalue weighted by Crippen LogP contribution is -2.47. The average Bonchev–Trinajstić information content (AvgIpc) is 3.35. The number of halogens is 1. The van der Waals surface area contributed by atoms with Crippen LogP contribution in [0.2, 0.25) is 0 Å². The number of aliphatic carboxylic acids is 1. The van der Waals surface area contributed by atoms with Crippen LogP contribution in [0.3, 0.4) is 0 Å². The summed E-state index contributed by atoms with van der Waals surface area (Å²) in [5.41, 5.74) is -0.942. The Labute approximate surface area is 222 Å². The lowest BCUT2D eigenvalue weighted by atomic mass is 9.70. The predicted molar refractivity (Wildman–Crippen MR) is 137 cm³/mol. The zero-order valence-corrected chi connectivity index (χ0v) is 22.2. The van der Waals surface area contributed by atoms with Gasteiger partial charge in [-0.15, -0.1) is 0 Å². The molecule has 9 nitrogen and oxygen atoms in total. The zero-order valence-electron chi connectivity index (χ0n) is 22.2. The topological polar surface area (TPSA) is 134 Å². The van der Waals surface area contributed by atoms with Crippen LogP contribution in [0.15, 0.2) is 12.1 Å². The second-order valence-corrected chi connectivity index (χ2v) is 11.5. The number of aliphatic hydroxyl groups excluding tert-OH is 1. The third kappa shape index (κ3) is 5.90. The minimum absolute atomic E-state index is 0.0476. The molecule has 0 heterocycles. The third-order valence-corrected chi connectivity index (χ3v) is 8.86. The number of amides is 2. The maximum absolute atomic E-state index is 14.8. The molecule has 210 valence electrons. The summed E-state index contributed by atoms with van der Waals surface area (Å²) in [6.45, 7) is 2.35. The van der Waals surface area contributed by atoms with Crippen molar-refractivity contribution >= 4 is 17.8 Å². The number of carbonyl (C=O) groups is 3. The molecule has 1 aromatic rings. The van der Waals surface area contributed by atoms with E-state index in [2.05, 4.69) is 17.6 Å². The van der Waals surface area contributed by atoms with Gasteiger partial charge >= 0.3 is 5.97 Å². The first-order valence-electron chi connectivity index (χ1n) is 13.6. The van der Waals surface area contributed by atoms with Gasteiger partial charge in [-0.25, -0.2) is 4.39 Å². The van der Waals surface area contributed by atoms with Gasteiger partial charge < -0.3 is 30.3 Å². The summed E-state index contributed by atoms with van der Waals surface area (Å²) in [4.78, 5) is 37.8. The van der Waals surface area contributed by atoms with E-state index in [4.69, 9.17) is 9.47 Å². The van der Waals surface area contributed by atoms with Crippen LogP contribution in [0, 0.1) is 22.6 Å². The second kappa shape index (κ2) is 11.5. The number of ether oxygens (including phenoxy) is 2. The number of benzene rings is 1. The summed E-state index contributed by atoms with van der Waals surface area (Å²) in [6, 6.07) is 2.06. The van der Waals surface area contributed by atoms with Crippen molar-refractivity contribution in [3.05, 3.63) is 23.5 Å². The fourth-order valence-electron chi connectivity index (χ4n) is 5.93. The molecule has 3 saturated carbocycles. The van der Waals surface area contributed by atoms with Gasteiger partial charge in [0, 0.05) is 18.7 Å². The van der Waals surface area contributed by atoms with E-state index in [0.717, 1.165) is 25.3 Å². The van der Waals surface area contributed by atoms with E-state index in [9.17, 15) is 29.0 Å². The summed E-state index contributed by atoms with van der Waals surface area (Å²) >= 11 is 0. The molecule has 4 rings (SSSR count). The highest BCUT2D eigenvalue weighted by atomic mass is 19.1. The summed E-state index contributed by atoms with van der Waals surface area (Å²) in [6.07, 6.45) is 6.21. The van der Waals surface area contributed by atoms with E-state index >= 15 is 0 Å². The van der Waals surface area contributed by atoms with Crippen LogP contribution in [-0.2, 0) is 9.59 Å². The first-order chi connectivity index (χ1) is 18.1. The summed E-state index contributed by atoms with van der Waals surface area (Å²) in [5, 5.41) is 25.1. The molecule has 1 aromatic carbocycles. The molecule has 0 saturated heterocycles. The van der Waals surface area contributed by atoms with Crippen LogP contribution in [0.5, 0.6) is 11.5 Å². The summed E-state index contributed by atoms with van der Waals surface area (Å²) in [7, 11) is 1.35. The molecule has 0 unspecified atom stereocenters. The lowest BCUT2D eigenvalue weighted by Gasteiger charge is -2.38. The molecule has 38 heavy (non-hydrogen) atoms.